The summed E-state index contributed by atoms with van der Waals surface area (Å²) >= 11 is 9.28. The van der Waals surface area contributed by atoms with Gasteiger partial charge in [-0.3, -0.25) is 4.79 Å². The summed E-state index contributed by atoms with van der Waals surface area (Å²) in [5, 5.41) is 5.39. The molecule has 1 heterocycles. The Bertz CT molecular complexity index is 818. The summed E-state index contributed by atoms with van der Waals surface area (Å²) in [6.45, 7) is 0. The van der Waals surface area contributed by atoms with E-state index in [-0.39, 0.29) is 5.91 Å². The van der Waals surface area contributed by atoms with E-state index < -0.39 is 0 Å². The zero-order valence-electron chi connectivity index (χ0n) is 10.8. The van der Waals surface area contributed by atoms with Gasteiger partial charge in [0.2, 0.25) is 0 Å². The molecule has 1 amide bonds. The van der Waals surface area contributed by atoms with E-state index in [4.69, 9.17) is 11.6 Å². The van der Waals surface area contributed by atoms with Crippen molar-refractivity contribution in [2.75, 3.05) is 5.32 Å². The smallest absolute Gasteiger partial charge is 0.274 e. The third kappa shape index (κ3) is 2.91. The first-order chi connectivity index (χ1) is 10.1. The highest BCUT2D eigenvalue weighted by Gasteiger charge is 2.10. The van der Waals surface area contributed by atoms with E-state index in [0.717, 1.165) is 20.9 Å². The first-order valence-electron chi connectivity index (χ1n) is 6.25. The minimum atomic E-state index is -0.265. The molecule has 0 aliphatic carbocycles. The second-order valence-electron chi connectivity index (χ2n) is 4.46. The standard InChI is InChI=1S/C16H10BrClN2O/c17-13-6-8-14(12-4-2-1-3-11(12)13)20-16(21)15-7-5-10(18)9-19-15/h1-9H,(H,20,21). The van der Waals surface area contributed by atoms with Crippen molar-refractivity contribution < 1.29 is 4.79 Å². The Labute approximate surface area is 135 Å². The topological polar surface area (TPSA) is 42.0 Å². The summed E-state index contributed by atoms with van der Waals surface area (Å²) in [7, 11) is 0. The fourth-order valence-corrected chi connectivity index (χ4v) is 2.66. The number of fused-ring (bicyclic) bond motifs is 1. The first-order valence-corrected chi connectivity index (χ1v) is 7.42. The number of carbonyl (C=O) groups is 1. The van der Waals surface area contributed by atoms with E-state index in [1.807, 2.05) is 36.4 Å². The van der Waals surface area contributed by atoms with Crippen LogP contribution >= 0.6 is 27.5 Å². The molecular weight excluding hydrogens is 352 g/mol. The molecule has 0 bridgehead atoms. The fraction of sp³-hybridized carbons (Fsp3) is 0. The van der Waals surface area contributed by atoms with Crippen LogP contribution in [0.4, 0.5) is 5.69 Å². The fourth-order valence-electron chi connectivity index (χ4n) is 2.07. The number of aromatic nitrogens is 1. The Balaban J connectivity index is 1.97. The number of benzene rings is 2. The Hall–Kier alpha value is -1.91. The van der Waals surface area contributed by atoms with E-state index in [1.165, 1.54) is 6.20 Å². The molecule has 2 aromatic carbocycles. The molecule has 104 valence electrons. The minimum absolute atomic E-state index is 0.265. The summed E-state index contributed by atoms with van der Waals surface area (Å²) in [4.78, 5) is 16.2. The Kier molecular flexibility index (Phi) is 3.90. The number of rotatable bonds is 2. The number of carbonyl (C=O) groups excluding carboxylic acids is 1. The van der Waals surface area contributed by atoms with Gasteiger partial charge in [0, 0.05) is 21.7 Å². The number of nitrogens with one attached hydrogen (secondary N) is 1. The summed E-state index contributed by atoms with van der Waals surface area (Å²) in [5.41, 5.74) is 1.07. The Morgan fingerprint density at radius 1 is 1.05 bits per heavy atom. The SMILES string of the molecule is O=C(Nc1ccc(Br)c2ccccc12)c1ccc(Cl)cn1. The van der Waals surface area contributed by atoms with Crippen LogP contribution in [0.5, 0.6) is 0 Å². The lowest BCUT2D eigenvalue weighted by Crippen LogP contribution is -2.13. The van der Waals surface area contributed by atoms with Crippen molar-refractivity contribution in [3.63, 3.8) is 0 Å². The van der Waals surface area contributed by atoms with Crippen molar-refractivity contribution >= 4 is 49.9 Å². The van der Waals surface area contributed by atoms with Gasteiger partial charge in [-0.05, 0) is 29.7 Å². The van der Waals surface area contributed by atoms with Crippen molar-refractivity contribution in [3.8, 4) is 0 Å². The van der Waals surface area contributed by atoms with Gasteiger partial charge < -0.3 is 5.32 Å². The number of hydrogen-bond acceptors (Lipinski definition) is 2. The molecule has 0 saturated heterocycles. The van der Waals surface area contributed by atoms with Crippen molar-refractivity contribution in [1.29, 1.82) is 0 Å². The van der Waals surface area contributed by atoms with Crippen LogP contribution < -0.4 is 5.32 Å². The maximum absolute atomic E-state index is 12.2. The molecule has 1 N–H and O–H groups in total. The lowest BCUT2D eigenvalue weighted by atomic mass is 10.1. The summed E-state index contributed by atoms with van der Waals surface area (Å²) < 4.78 is 0.987. The number of anilines is 1. The Morgan fingerprint density at radius 3 is 2.52 bits per heavy atom. The van der Waals surface area contributed by atoms with Crippen molar-refractivity contribution in [3.05, 3.63) is 69.9 Å². The molecule has 3 aromatic rings. The van der Waals surface area contributed by atoms with Crippen molar-refractivity contribution in [1.82, 2.24) is 4.98 Å². The van der Waals surface area contributed by atoms with E-state index in [0.29, 0.717) is 10.7 Å². The predicted octanol–water partition coefficient (Wildman–Crippen LogP) is 4.90. The molecule has 3 rings (SSSR count). The highest BCUT2D eigenvalue weighted by Crippen LogP contribution is 2.30. The highest BCUT2D eigenvalue weighted by molar-refractivity contribution is 9.10. The zero-order valence-corrected chi connectivity index (χ0v) is 13.1. The molecule has 1 aromatic heterocycles. The van der Waals surface area contributed by atoms with Gasteiger partial charge in [-0.15, -0.1) is 0 Å². The normalized spacial score (nSPS) is 10.6. The third-order valence-corrected chi connectivity index (χ3v) is 3.99. The molecule has 3 nitrogen and oxygen atoms in total. The summed E-state index contributed by atoms with van der Waals surface area (Å²) in [6.07, 6.45) is 1.45. The molecular formula is C16H10BrClN2O. The third-order valence-electron chi connectivity index (χ3n) is 3.08. The van der Waals surface area contributed by atoms with E-state index in [2.05, 4.69) is 26.2 Å². The van der Waals surface area contributed by atoms with Crippen LogP contribution in [-0.2, 0) is 0 Å². The minimum Gasteiger partial charge on any atom is -0.320 e. The number of halogens is 2. The van der Waals surface area contributed by atoms with Gasteiger partial charge in [0.05, 0.1) is 5.02 Å². The molecule has 0 radical (unpaired) electrons. The van der Waals surface area contributed by atoms with E-state index >= 15 is 0 Å². The second kappa shape index (κ2) is 5.84. The molecule has 0 atom stereocenters. The molecule has 0 fully saturated rings. The van der Waals surface area contributed by atoms with Gasteiger partial charge in [-0.2, -0.15) is 0 Å². The van der Waals surface area contributed by atoms with Crippen LogP contribution in [0.15, 0.2) is 59.2 Å². The molecule has 0 unspecified atom stereocenters. The van der Waals surface area contributed by atoms with E-state index in [9.17, 15) is 4.79 Å². The number of hydrogen-bond donors (Lipinski definition) is 1. The van der Waals surface area contributed by atoms with Gasteiger partial charge in [-0.25, -0.2) is 4.98 Å². The van der Waals surface area contributed by atoms with Crippen LogP contribution in [0.2, 0.25) is 5.02 Å². The van der Waals surface area contributed by atoms with Crippen molar-refractivity contribution in [2.45, 2.75) is 0 Å². The number of pyridine rings is 1. The molecule has 5 heteroatoms. The molecule has 0 aliphatic rings. The van der Waals surface area contributed by atoms with Crippen LogP contribution in [0.3, 0.4) is 0 Å². The molecule has 0 spiro atoms. The first kappa shape index (κ1) is 14.0. The monoisotopic (exact) mass is 360 g/mol. The Morgan fingerprint density at radius 2 is 1.81 bits per heavy atom. The molecule has 0 aliphatic heterocycles. The van der Waals surface area contributed by atoms with Gasteiger partial charge in [0.15, 0.2) is 0 Å². The van der Waals surface area contributed by atoms with Crippen molar-refractivity contribution in [2.24, 2.45) is 0 Å². The average Bonchev–Trinajstić information content (AvgIpc) is 2.51. The van der Waals surface area contributed by atoms with Crippen LogP contribution in [-0.4, -0.2) is 10.9 Å². The van der Waals surface area contributed by atoms with Crippen LogP contribution in [0.25, 0.3) is 10.8 Å². The quantitative estimate of drug-likeness (QED) is 0.705. The van der Waals surface area contributed by atoms with Gasteiger partial charge in [0.1, 0.15) is 5.69 Å². The zero-order chi connectivity index (χ0) is 14.8. The lowest BCUT2D eigenvalue weighted by molar-refractivity contribution is 0.102. The number of amides is 1. The predicted molar refractivity (Wildman–Crippen MR) is 88.8 cm³/mol. The van der Waals surface area contributed by atoms with Gasteiger partial charge in [0.25, 0.3) is 5.91 Å². The highest BCUT2D eigenvalue weighted by atomic mass is 79.9. The summed E-state index contributed by atoms with van der Waals surface area (Å²) in [5.74, 6) is -0.265. The van der Waals surface area contributed by atoms with Crippen LogP contribution in [0.1, 0.15) is 10.5 Å². The van der Waals surface area contributed by atoms with Gasteiger partial charge in [-0.1, -0.05) is 51.8 Å². The maximum atomic E-state index is 12.2. The van der Waals surface area contributed by atoms with Gasteiger partial charge >= 0.3 is 0 Å². The molecule has 21 heavy (non-hydrogen) atoms. The second-order valence-corrected chi connectivity index (χ2v) is 5.75. The molecule has 0 saturated carbocycles. The average molecular weight is 362 g/mol. The maximum Gasteiger partial charge on any atom is 0.274 e. The van der Waals surface area contributed by atoms with Crippen LogP contribution in [0, 0.1) is 0 Å². The lowest BCUT2D eigenvalue weighted by Gasteiger charge is -2.09. The van der Waals surface area contributed by atoms with E-state index in [1.54, 1.807) is 12.1 Å². The number of nitrogens with zero attached hydrogens (tertiary/aromatic N) is 1. The summed E-state index contributed by atoms with van der Waals surface area (Å²) in [6, 6.07) is 14.9. The largest absolute Gasteiger partial charge is 0.320 e.